The highest BCUT2D eigenvalue weighted by Gasteiger charge is 2.19. The molecule has 0 aliphatic carbocycles. The molecule has 1 aromatic heterocycles. The van der Waals surface area contributed by atoms with Crippen LogP contribution >= 0.6 is 0 Å². The molecule has 0 amide bonds. The normalized spacial score (nSPS) is 16.2. The van der Waals surface area contributed by atoms with Crippen molar-refractivity contribution in [3.05, 3.63) is 47.2 Å². The van der Waals surface area contributed by atoms with E-state index in [9.17, 15) is 9.65 Å². The smallest absolute Gasteiger partial charge is 0.232 e. The van der Waals surface area contributed by atoms with E-state index in [2.05, 4.69) is 28.2 Å². The van der Waals surface area contributed by atoms with Crippen molar-refractivity contribution in [3.8, 4) is 6.07 Å². The number of hydrogen-bond donors (Lipinski definition) is 1. The van der Waals surface area contributed by atoms with Gasteiger partial charge in [-0.25, -0.2) is 4.39 Å². The van der Waals surface area contributed by atoms with Crippen molar-refractivity contribution in [3.63, 3.8) is 0 Å². The Balaban J connectivity index is 1.64. The zero-order chi connectivity index (χ0) is 17.6. The third-order valence-electron chi connectivity index (χ3n) is 4.36. The minimum Gasteiger partial charge on any atom is -0.420 e. The Labute approximate surface area is 146 Å². The molecule has 5 nitrogen and oxygen atoms in total. The first-order chi connectivity index (χ1) is 12.2. The fraction of sp³-hybridized carbons (Fsp3) is 0.368. The summed E-state index contributed by atoms with van der Waals surface area (Å²) in [4.78, 5) is 6.59. The molecule has 1 saturated heterocycles. The Bertz CT molecular complexity index is 770. The SMILES string of the molecule is CC(CNc1oc(/C=C/c2ccc(F)cc2)nc1C#N)N1CCCC1. The molecule has 1 atom stereocenters. The molecule has 0 saturated carbocycles. The van der Waals surface area contributed by atoms with Gasteiger partial charge in [0.1, 0.15) is 11.9 Å². The molecular weight excluding hydrogens is 319 g/mol. The van der Waals surface area contributed by atoms with E-state index < -0.39 is 0 Å². The second kappa shape index (κ2) is 7.95. The Morgan fingerprint density at radius 3 is 2.72 bits per heavy atom. The summed E-state index contributed by atoms with van der Waals surface area (Å²) in [6.45, 7) is 5.10. The lowest BCUT2D eigenvalue weighted by atomic mass is 10.2. The third kappa shape index (κ3) is 4.46. The molecule has 6 heteroatoms. The van der Waals surface area contributed by atoms with Gasteiger partial charge in [-0.3, -0.25) is 4.90 Å². The van der Waals surface area contributed by atoms with E-state index in [-0.39, 0.29) is 11.5 Å². The van der Waals surface area contributed by atoms with E-state index in [4.69, 9.17) is 4.42 Å². The molecule has 130 valence electrons. The van der Waals surface area contributed by atoms with Gasteiger partial charge < -0.3 is 9.73 Å². The molecule has 2 heterocycles. The van der Waals surface area contributed by atoms with E-state index in [1.807, 2.05) is 0 Å². The van der Waals surface area contributed by atoms with E-state index in [1.54, 1.807) is 24.3 Å². The first-order valence-corrected chi connectivity index (χ1v) is 8.48. The number of benzene rings is 1. The quantitative estimate of drug-likeness (QED) is 0.867. The van der Waals surface area contributed by atoms with Gasteiger partial charge in [0.25, 0.3) is 0 Å². The minimum absolute atomic E-state index is 0.243. The number of nitrogens with zero attached hydrogens (tertiary/aromatic N) is 3. The second-order valence-corrected chi connectivity index (χ2v) is 6.20. The van der Waals surface area contributed by atoms with Crippen molar-refractivity contribution in [2.24, 2.45) is 0 Å². The van der Waals surface area contributed by atoms with Crippen molar-refractivity contribution < 1.29 is 8.81 Å². The second-order valence-electron chi connectivity index (χ2n) is 6.20. The molecule has 0 spiro atoms. The van der Waals surface area contributed by atoms with Crippen LogP contribution in [0.2, 0.25) is 0 Å². The summed E-state index contributed by atoms with van der Waals surface area (Å²) >= 11 is 0. The van der Waals surface area contributed by atoms with Crippen LogP contribution in [0, 0.1) is 17.1 Å². The van der Waals surface area contributed by atoms with Gasteiger partial charge in [0.15, 0.2) is 0 Å². The maximum Gasteiger partial charge on any atom is 0.232 e. The summed E-state index contributed by atoms with van der Waals surface area (Å²) in [6, 6.07) is 8.53. The van der Waals surface area contributed by atoms with Gasteiger partial charge in [-0.05, 0) is 56.6 Å². The standard InChI is InChI=1S/C19H21FN4O/c1-14(24-10-2-3-11-24)13-22-19-17(12-21)23-18(25-19)9-6-15-4-7-16(20)8-5-15/h4-9,14,22H,2-3,10-11,13H2,1H3/b9-6+. The number of rotatable bonds is 6. The Morgan fingerprint density at radius 2 is 2.04 bits per heavy atom. The highest BCUT2D eigenvalue weighted by molar-refractivity contribution is 5.67. The van der Waals surface area contributed by atoms with Gasteiger partial charge in [-0.15, -0.1) is 0 Å². The molecular formula is C19H21FN4O. The number of anilines is 1. The number of likely N-dealkylation sites (tertiary alicyclic amines) is 1. The predicted molar refractivity (Wildman–Crippen MR) is 95.3 cm³/mol. The van der Waals surface area contributed by atoms with Gasteiger partial charge in [-0.2, -0.15) is 10.2 Å². The van der Waals surface area contributed by atoms with Crippen LogP contribution in [0.25, 0.3) is 12.2 Å². The molecule has 1 unspecified atom stereocenters. The van der Waals surface area contributed by atoms with E-state index in [1.165, 1.54) is 25.0 Å². The average molecular weight is 340 g/mol. The van der Waals surface area contributed by atoms with Crippen LogP contribution in [0.1, 0.15) is 36.9 Å². The summed E-state index contributed by atoms with van der Waals surface area (Å²) in [5.41, 5.74) is 1.07. The van der Waals surface area contributed by atoms with Crippen LogP contribution in [-0.2, 0) is 0 Å². The van der Waals surface area contributed by atoms with Crippen molar-refractivity contribution in [2.45, 2.75) is 25.8 Å². The molecule has 2 aromatic rings. The third-order valence-corrected chi connectivity index (χ3v) is 4.36. The maximum absolute atomic E-state index is 12.9. The van der Waals surface area contributed by atoms with Gasteiger partial charge in [0.05, 0.1) is 0 Å². The van der Waals surface area contributed by atoms with Gasteiger partial charge >= 0.3 is 0 Å². The zero-order valence-electron chi connectivity index (χ0n) is 14.2. The molecule has 0 bridgehead atoms. The fourth-order valence-electron chi connectivity index (χ4n) is 2.90. The highest BCUT2D eigenvalue weighted by Crippen LogP contribution is 2.19. The summed E-state index contributed by atoms with van der Waals surface area (Å²) in [6.07, 6.45) is 5.93. The molecule has 3 rings (SSSR count). The van der Waals surface area contributed by atoms with Crippen LogP contribution in [0.3, 0.4) is 0 Å². The summed E-state index contributed by atoms with van der Waals surface area (Å²) < 4.78 is 18.6. The van der Waals surface area contributed by atoms with Crippen LogP contribution in [-0.4, -0.2) is 35.6 Å². The van der Waals surface area contributed by atoms with Crippen molar-refractivity contribution in [1.82, 2.24) is 9.88 Å². The molecule has 1 aliphatic rings. The average Bonchev–Trinajstić information content (AvgIpc) is 3.29. The van der Waals surface area contributed by atoms with Gasteiger partial charge in [0.2, 0.25) is 17.5 Å². The number of nitrogens with one attached hydrogen (secondary N) is 1. The Hall–Kier alpha value is -2.65. The van der Waals surface area contributed by atoms with E-state index in [0.717, 1.165) is 18.7 Å². The number of nitriles is 1. The van der Waals surface area contributed by atoms with E-state index in [0.29, 0.717) is 24.4 Å². The van der Waals surface area contributed by atoms with Gasteiger partial charge in [-0.1, -0.05) is 12.1 Å². The van der Waals surface area contributed by atoms with Crippen LogP contribution < -0.4 is 5.32 Å². The lowest BCUT2D eigenvalue weighted by molar-refractivity contribution is 0.268. The van der Waals surface area contributed by atoms with Crippen molar-refractivity contribution >= 4 is 18.0 Å². The van der Waals surface area contributed by atoms with Crippen LogP contribution in [0.4, 0.5) is 10.3 Å². The molecule has 25 heavy (non-hydrogen) atoms. The number of halogens is 1. The highest BCUT2D eigenvalue weighted by atomic mass is 19.1. The lowest BCUT2D eigenvalue weighted by Gasteiger charge is -2.23. The Morgan fingerprint density at radius 1 is 1.32 bits per heavy atom. The van der Waals surface area contributed by atoms with Gasteiger partial charge in [0, 0.05) is 18.7 Å². The number of hydrogen-bond acceptors (Lipinski definition) is 5. The number of oxazole rings is 1. The van der Waals surface area contributed by atoms with Crippen molar-refractivity contribution in [1.29, 1.82) is 5.26 Å². The summed E-state index contributed by atoms with van der Waals surface area (Å²) in [5, 5.41) is 12.4. The molecule has 0 radical (unpaired) electrons. The summed E-state index contributed by atoms with van der Waals surface area (Å²) in [5.74, 6) is 0.461. The molecule has 1 aliphatic heterocycles. The van der Waals surface area contributed by atoms with Crippen LogP contribution in [0.5, 0.6) is 0 Å². The monoisotopic (exact) mass is 340 g/mol. The first-order valence-electron chi connectivity index (χ1n) is 8.48. The molecule has 1 N–H and O–H groups in total. The minimum atomic E-state index is -0.279. The number of aromatic nitrogens is 1. The topological polar surface area (TPSA) is 65.1 Å². The molecule has 1 fully saturated rings. The van der Waals surface area contributed by atoms with Crippen LogP contribution in [0.15, 0.2) is 28.7 Å². The predicted octanol–water partition coefficient (Wildman–Crippen LogP) is 3.75. The van der Waals surface area contributed by atoms with Crippen molar-refractivity contribution in [2.75, 3.05) is 25.0 Å². The largest absolute Gasteiger partial charge is 0.420 e. The van der Waals surface area contributed by atoms with E-state index >= 15 is 0 Å². The first kappa shape index (κ1) is 17.2. The summed E-state index contributed by atoms with van der Waals surface area (Å²) in [7, 11) is 0. The Kier molecular flexibility index (Phi) is 5.46. The molecule has 1 aromatic carbocycles. The zero-order valence-corrected chi connectivity index (χ0v) is 14.2. The fourth-order valence-corrected chi connectivity index (χ4v) is 2.90. The maximum atomic E-state index is 12.9. The lowest BCUT2D eigenvalue weighted by Crippen LogP contribution is -2.35.